The molecule has 0 atom stereocenters. The third kappa shape index (κ3) is 7.51. The number of ether oxygens (including phenoxy) is 2. The van der Waals surface area contributed by atoms with Crippen molar-refractivity contribution in [3.8, 4) is 5.75 Å². The first-order valence-corrected chi connectivity index (χ1v) is 8.55. The summed E-state index contributed by atoms with van der Waals surface area (Å²) in [5, 5.41) is 2.96. The van der Waals surface area contributed by atoms with E-state index in [0.717, 1.165) is 17.7 Å². The molecule has 0 aliphatic carbocycles. The molecule has 0 bridgehead atoms. The first-order valence-electron chi connectivity index (χ1n) is 8.55. The first-order chi connectivity index (χ1) is 10.9. The lowest BCUT2D eigenvalue weighted by Gasteiger charge is -2.14. The van der Waals surface area contributed by atoms with E-state index < -0.39 is 0 Å². The molecule has 1 aromatic carbocycles. The molecule has 4 nitrogen and oxygen atoms in total. The SMILES string of the molecule is CCOc1ccc(C(=O)NCCC(C)C)cc1COCC(C)C. The fraction of sp³-hybridized carbons (Fsp3) is 0.632. The van der Waals surface area contributed by atoms with Crippen molar-refractivity contribution in [3.63, 3.8) is 0 Å². The molecule has 0 aliphatic rings. The Balaban J connectivity index is 2.74. The van der Waals surface area contributed by atoms with Gasteiger partial charge in [-0.3, -0.25) is 4.79 Å². The van der Waals surface area contributed by atoms with E-state index in [1.807, 2.05) is 25.1 Å². The Labute approximate surface area is 140 Å². The predicted octanol–water partition coefficient (Wildman–Crippen LogP) is 4.03. The van der Waals surface area contributed by atoms with Crippen LogP contribution in [-0.2, 0) is 11.3 Å². The molecular weight excluding hydrogens is 290 g/mol. The lowest BCUT2D eigenvalue weighted by molar-refractivity contribution is 0.0936. The highest BCUT2D eigenvalue weighted by Crippen LogP contribution is 2.21. The summed E-state index contributed by atoms with van der Waals surface area (Å²) >= 11 is 0. The highest BCUT2D eigenvalue weighted by atomic mass is 16.5. The quantitative estimate of drug-likeness (QED) is 0.707. The van der Waals surface area contributed by atoms with Crippen molar-refractivity contribution in [1.82, 2.24) is 5.32 Å². The molecule has 0 saturated carbocycles. The average molecular weight is 321 g/mol. The number of hydrogen-bond acceptors (Lipinski definition) is 3. The number of amides is 1. The third-order valence-corrected chi connectivity index (χ3v) is 3.34. The summed E-state index contributed by atoms with van der Waals surface area (Å²) in [6, 6.07) is 5.53. The van der Waals surface area contributed by atoms with Crippen molar-refractivity contribution >= 4 is 5.91 Å². The van der Waals surface area contributed by atoms with Gasteiger partial charge in [-0.2, -0.15) is 0 Å². The monoisotopic (exact) mass is 321 g/mol. The second kappa shape index (κ2) is 10.3. The molecule has 0 aromatic heterocycles. The van der Waals surface area contributed by atoms with Crippen LogP contribution in [0.4, 0.5) is 0 Å². The van der Waals surface area contributed by atoms with Gasteiger partial charge in [0.15, 0.2) is 0 Å². The molecule has 1 N–H and O–H groups in total. The Hall–Kier alpha value is -1.55. The van der Waals surface area contributed by atoms with Crippen LogP contribution in [0.25, 0.3) is 0 Å². The number of nitrogens with one attached hydrogen (secondary N) is 1. The van der Waals surface area contributed by atoms with Crippen LogP contribution in [-0.4, -0.2) is 25.7 Å². The van der Waals surface area contributed by atoms with Crippen molar-refractivity contribution in [2.45, 2.75) is 47.6 Å². The van der Waals surface area contributed by atoms with Crippen molar-refractivity contribution in [2.75, 3.05) is 19.8 Å². The molecule has 0 unspecified atom stereocenters. The number of carbonyl (C=O) groups is 1. The summed E-state index contributed by atoms with van der Waals surface area (Å²) in [5.74, 6) is 1.80. The average Bonchev–Trinajstić information content (AvgIpc) is 2.48. The number of benzene rings is 1. The van der Waals surface area contributed by atoms with Crippen LogP contribution in [0.1, 0.15) is 57.0 Å². The summed E-state index contributed by atoms with van der Waals surface area (Å²) < 4.78 is 11.3. The standard InChI is InChI=1S/C19H31NO3/c1-6-23-18-8-7-16(19(21)20-10-9-14(2)3)11-17(18)13-22-12-15(4)5/h7-8,11,14-15H,6,9-10,12-13H2,1-5H3,(H,20,21). The normalized spacial score (nSPS) is 11.1. The van der Waals surface area contributed by atoms with Crippen LogP contribution < -0.4 is 10.1 Å². The van der Waals surface area contributed by atoms with E-state index in [4.69, 9.17) is 9.47 Å². The van der Waals surface area contributed by atoms with Crippen LogP contribution in [0.15, 0.2) is 18.2 Å². The fourth-order valence-corrected chi connectivity index (χ4v) is 2.11. The molecule has 1 amide bonds. The van der Waals surface area contributed by atoms with E-state index in [0.29, 0.717) is 43.8 Å². The van der Waals surface area contributed by atoms with Gasteiger partial charge < -0.3 is 14.8 Å². The fourth-order valence-electron chi connectivity index (χ4n) is 2.11. The smallest absolute Gasteiger partial charge is 0.251 e. The van der Waals surface area contributed by atoms with Crippen LogP contribution in [0.5, 0.6) is 5.75 Å². The van der Waals surface area contributed by atoms with Crippen LogP contribution in [0.3, 0.4) is 0 Å². The Morgan fingerprint density at radius 1 is 1.17 bits per heavy atom. The topological polar surface area (TPSA) is 47.6 Å². The van der Waals surface area contributed by atoms with Gasteiger partial charge in [-0.1, -0.05) is 27.7 Å². The van der Waals surface area contributed by atoms with Gasteiger partial charge in [0, 0.05) is 24.3 Å². The molecule has 0 aliphatic heterocycles. The summed E-state index contributed by atoms with van der Waals surface area (Å²) in [7, 11) is 0. The molecule has 0 fully saturated rings. The van der Waals surface area contributed by atoms with Crippen molar-refractivity contribution < 1.29 is 14.3 Å². The minimum absolute atomic E-state index is 0.0428. The van der Waals surface area contributed by atoms with E-state index >= 15 is 0 Å². The molecule has 23 heavy (non-hydrogen) atoms. The van der Waals surface area contributed by atoms with Crippen molar-refractivity contribution in [1.29, 1.82) is 0 Å². The predicted molar refractivity (Wildman–Crippen MR) is 93.9 cm³/mol. The zero-order chi connectivity index (χ0) is 17.2. The van der Waals surface area contributed by atoms with Gasteiger partial charge in [-0.15, -0.1) is 0 Å². The maximum atomic E-state index is 12.2. The van der Waals surface area contributed by atoms with Gasteiger partial charge >= 0.3 is 0 Å². The van der Waals surface area contributed by atoms with Crippen LogP contribution >= 0.6 is 0 Å². The van der Waals surface area contributed by atoms with E-state index in [1.165, 1.54) is 0 Å². The lowest BCUT2D eigenvalue weighted by atomic mass is 10.1. The van der Waals surface area contributed by atoms with E-state index in [-0.39, 0.29) is 5.91 Å². The number of rotatable bonds is 10. The van der Waals surface area contributed by atoms with Gasteiger partial charge in [0.1, 0.15) is 5.75 Å². The van der Waals surface area contributed by atoms with Gasteiger partial charge in [-0.05, 0) is 43.4 Å². The first kappa shape index (κ1) is 19.5. The molecule has 4 heteroatoms. The zero-order valence-corrected chi connectivity index (χ0v) is 15.1. The summed E-state index contributed by atoms with van der Waals surface area (Å²) in [4.78, 5) is 12.2. The van der Waals surface area contributed by atoms with Crippen LogP contribution in [0.2, 0.25) is 0 Å². The minimum Gasteiger partial charge on any atom is -0.494 e. The van der Waals surface area contributed by atoms with Gasteiger partial charge in [-0.25, -0.2) is 0 Å². The maximum Gasteiger partial charge on any atom is 0.251 e. The Bertz CT molecular complexity index is 484. The Morgan fingerprint density at radius 2 is 1.91 bits per heavy atom. The number of carbonyl (C=O) groups excluding carboxylic acids is 1. The second-order valence-corrected chi connectivity index (χ2v) is 6.60. The lowest BCUT2D eigenvalue weighted by Crippen LogP contribution is -2.25. The highest BCUT2D eigenvalue weighted by molar-refractivity contribution is 5.94. The molecule has 0 radical (unpaired) electrons. The number of hydrogen-bond donors (Lipinski definition) is 1. The maximum absolute atomic E-state index is 12.2. The molecule has 0 spiro atoms. The highest BCUT2D eigenvalue weighted by Gasteiger charge is 2.11. The molecular formula is C19H31NO3. The van der Waals surface area contributed by atoms with Gasteiger partial charge in [0.05, 0.1) is 13.2 Å². The van der Waals surface area contributed by atoms with E-state index in [1.54, 1.807) is 0 Å². The Kier molecular flexibility index (Phi) is 8.70. The second-order valence-electron chi connectivity index (χ2n) is 6.60. The van der Waals surface area contributed by atoms with Crippen molar-refractivity contribution in [2.24, 2.45) is 11.8 Å². The minimum atomic E-state index is -0.0428. The van der Waals surface area contributed by atoms with Gasteiger partial charge in [0.2, 0.25) is 0 Å². The van der Waals surface area contributed by atoms with Gasteiger partial charge in [0.25, 0.3) is 5.91 Å². The zero-order valence-electron chi connectivity index (χ0n) is 15.1. The van der Waals surface area contributed by atoms with Crippen molar-refractivity contribution in [3.05, 3.63) is 29.3 Å². The Morgan fingerprint density at radius 3 is 2.52 bits per heavy atom. The largest absolute Gasteiger partial charge is 0.494 e. The van der Waals surface area contributed by atoms with E-state index in [9.17, 15) is 4.79 Å². The third-order valence-electron chi connectivity index (χ3n) is 3.34. The summed E-state index contributed by atoms with van der Waals surface area (Å²) in [6.45, 7) is 12.9. The molecule has 0 heterocycles. The molecule has 1 aromatic rings. The summed E-state index contributed by atoms with van der Waals surface area (Å²) in [6.07, 6.45) is 0.979. The van der Waals surface area contributed by atoms with Crippen LogP contribution in [0, 0.1) is 11.8 Å². The van der Waals surface area contributed by atoms with E-state index in [2.05, 4.69) is 33.0 Å². The molecule has 1 rings (SSSR count). The molecule has 0 saturated heterocycles. The molecule has 130 valence electrons. The summed E-state index contributed by atoms with van der Waals surface area (Å²) in [5.41, 5.74) is 1.57.